The SMILES string of the molecule is CN1CCN(CC[C@H]2CCCCN2C(=O)C(=O)c2ccco2)CC1. The summed E-state index contributed by atoms with van der Waals surface area (Å²) in [6.07, 6.45) is 5.47. The Balaban J connectivity index is 1.57. The summed E-state index contributed by atoms with van der Waals surface area (Å²) in [4.78, 5) is 31.5. The van der Waals surface area contributed by atoms with Crippen LogP contribution in [0.1, 0.15) is 36.2 Å². The molecule has 2 saturated heterocycles. The maximum absolute atomic E-state index is 12.6. The first-order valence-corrected chi connectivity index (χ1v) is 8.95. The average molecular weight is 333 g/mol. The number of hydrogen-bond acceptors (Lipinski definition) is 5. The van der Waals surface area contributed by atoms with Crippen molar-refractivity contribution in [2.75, 3.05) is 46.3 Å². The quantitative estimate of drug-likeness (QED) is 0.603. The number of ketones is 1. The molecule has 0 spiro atoms. The van der Waals surface area contributed by atoms with Gasteiger partial charge in [0.1, 0.15) is 0 Å². The number of likely N-dealkylation sites (tertiary alicyclic amines) is 1. The summed E-state index contributed by atoms with van der Waals surface area (Å²) in [6, 6.07) is 3.37. The summed E-state index contributed by atoms with van der Waals surface area (Å²) in [6.45, 7) is 6.05. The van der Waals surface area contributed by atoms with E-state index in [1.54, 1.807) is 17.0 Å². The number of piperazine rings is 1. The van der Waals surface area contributed by atoms with Gasteiger partial charge < -0.3 is 19.1 Å². The van der Waals surface area contributed by atoms with Crippen molar-refractivity contribution in [3.63, 3.8) is 0 Å². The molecule has 2 aliphatic rings. The lowest BCUT2D eigenvalue weighted by atomic mass is 9.98. The molecule has 132 valence electrons. The molecule has 1 amide bonds. The number of furan rings is 1. The average Bonchev–Trinajstić information content (AvgIpc) is 3.15. The van der Waals surface area contributed by atoms with Crippen molar-refractivity contribution in [3.8, 4) is 0 Å². The second-order valence-corrected chi connectivity index (χ2v) is 6.89. The van der Waals surface area contributed by atoms with Gasteiger partial charge in [-0.15, -0.1) is 0 Å². The van der Waals surface area contributed by atoms with Crippen LogP contribution in [-0.2, 0) is 4.79 Å². The maximum atomic E-state index is 12.6. The van der Waals surface area contributed by atoms with Crippen LogP contribution in [0.25, 0.3) is 0 Å². The van der Waals surface area contributed by atoms with Crippen LogP contribution >= 0.6 is 0 Å². The van der Waals surface area contributed by atoms with Crippen LogP contribution in [0.5, 0.6) is 0 Å². The zero-order valence-corrected chi connectivity index (χ0v) is 14.4. The molecule has 0 aliphatic carbocycles. The molecule has 0 bridgehead atoms. The highest BCUT2D eigenvalue weighted by molar-refractivity contribution is 6.42. The zero-order chi connectivity index (χ0) is 16.9. The fraction of sp³-hybridized carbons (Fsp3) is 0.667. The van der Waals surface area contributed by atoms with Gasteiger partial charge in [0, 0.05) is 45.3 Å². The molecule has 1 atom stereocenters. The van der Waals surface area contributed by atoms with Gasteiger partial charge in [0.25, 0.3) is 11.7 Å². The Hall–Kier alpha value is -1.66. The minimum absolute atomic E-state index is 0.142. The molecule has 3 rings (SSSR count). The minimum atomic E-state index is -0.522. The third-order valence-corrected chi connectivity index (χ3v) is 5.20. The number of rotatable bonds is 5. The fourth-order valence-electron chi connectivity index (χ4n) is 3.61. The first-order valence-electron chi connectivity index (χ1n) is 8.95. The van der Waals surface area contributed by atoms with Gasteiger partial charge in [-0.2, -0.15) is 0 Å². The lowest BCUT2D eigenvalue weighted by Gasteiger charge is -2.38. The van der Waals surface area contributed by atoms with Crippen molar-refractivity contribution in [1.29, 1.82) is 0 Å². The molecule has 0 radical (unpaired) electrons. The van der Waals surface area contributed by atoms with E-state index in [0.29, 0.717) is 6.54 Å². The van der Waals surface area contributed by atoms with E-state index in [1.165, 1.54) is 6.26 Å². The van der Waals surface area contributed by atoms with Gasteiger partial charge in [-0.3, -0.25) is 9.59 Å². The molecule has 24 heavy (non-hydrogen) atoms. The number of Topliss-reactive ketones (excluding diaryl/α,β-unsaturated/α-hetero) is 1. The third kappa shape index (κ3) is 4.05. The van der Waals surface area contributed by atoms with Crippen LogP contribution in [0.15, 0.2) is 22.8 Å². The second-order valence-electron chi connectivity index (χ2n) is 6.89. The van der Waals surface area contributed by atoms with Crippen molar-refractivity contribution in [3.05, 3.63) is 24.2 Å². The Morgan fingerprint density at radius 3 is 2.67 bits per heavy atom. The van der Waals surface area contributed by atoms with Gasteiger partial charge in [0.05, 0.1) is 6.26 Å². The predicted octanol–water partition coefficient (Wildman–Crippen LogP) is 1.48. The zero-order valence-electron chi connectivity index (χ0n) is 14.4. The van der Waals surface area contributed by atoms with E-state index in [-0.39, 0.29) is 11.8 Å². The number of hydrogen-bond donors (Lipinski definition) is 0. The van der Waals surface area contributed by atoms with Crippen LogP contribution in [0.4, 0.5) is 0 Å². The Morgan fingerprint density at radius 2 is 1.96 bits per heavy atom. The fourth-order valence-corrected chi connectivity index (χ4v) is 3.61. The molecule has 1 aromatic heterocycles. The van der Waals surface area contributed by atoms with Gasteiger partial charge in [0.15, 0.2) is 5.76 Å². The van der Waals surface area contributed by atoms with Crippen molar-refractivity contribution < 1.29 is 14.0 Å². The van der Waals surface area contributed by atoms with Crippen molar-refractivity contribution in [2.24, 2.45) is 0 Å². The molecule has 0 aromatic carbocycles. The molecular formula is C18H27N3O3. The van der Waals surface area contributed by atoms with E-state index in [9.17, 15) is 9.59 Å². The molecule has 0 saturated carbocycles. The van der Waals surface area contributed by atoms with E-state index in [1.807, 2.05) is 0 Å². The van der Waals surface area contributed by atoms with E-state index >= 15 is 0 Å². The van der Waals surface area contributed by atoms with E-state index in [2.05, 4.69) is 16.8 Å². The first-order chi connectivity index (χ1) is 11.6. The smallest absolute Gasteiger partial charge is 0.298 e. The topological polar surface area (TPSA) is 57.0 Å². The summed E-state index contributed by atoms with van der Waals surface area (Å²) in [7, 11) is 2.15. The summed E-state index contributed by atoms with van der Waals surface area (Å²) in [5, 5.41) is 0. The van der Waals surface area contributed by atoms with Crippen LogP contribution < -0.4 is 0 Å². The molecule has 0 unspecified atom stereocenters. The number of carbonyl (C=O) groups excluding carboxylic acids is 2. The molecular weight excluding hydrogens is 306 g/mol. The summed E-state index contributed by atoms with van der Waals surface area (Å²) >= 11 is 0. The number of piperidine rings is 1. The van der Waals surface area contributed by atoms with Gasteiger partial charge in [-0.05, 0) is 44.9 Å². The lowest BCUT2D eigenvalue weighted by Crippen LogP contribution is -2.49. The van der Waals surface area contributed by atoms with Gasteiger partial charge in [-0.25, -0.2) is 0 Å². The van der Waals surface area contributed by atoms with E-state index < -0.39 is 11.7 Å². The molecule has 2 aliphatic heterocycles. The molecule has 6 heteroatoms. The molecule has 3 heterocycles. The molecule has 6 nitrogen and oxygen atoms in total. The highest BCUT2D eigenvalue weighted by Gasteiger charge is 2.32. The standard InChI is InChI=1S/C18H27N3O3/c1-19-10-12-20(13-11-19)9-7-15-5-2-3-8-21(15)18(23)17(22)16-6-4-14-24-16/h4,6,14-15H,2-3,5,7-13H2,1H3/t15-/m1/s1. The van der Waals surface area contributed by atoms with E-state index in [0.717, 1.165) is 58.4 Å². The number of likely N-dealkylation sites (N-methyl/N-ethyl adjacent to an activating group) is 1. The lowest BCUT2D eigenvalue weighted by molar-refractivity contribution is -0.130. The monoisotopic (exact) mass is 333 g/mol. The summed E-state index contributed by atoms with van der Waals surface area (Å²) < 4.78 is 5.10. The van der Waals surface area contributed by atoms with Gasteiger partial charge in [0.2, 0.25) is 0 Å². The Kier molecular flexibility index (Phi) is 5.68. The molecule has 1 aromatic rings. The molecule has 2 fully saturated rings. The first kappa shape index (κ1) is 17.2. The minimum Gasteiger partial charge on any atom is -0.461 e. The highest BCUT2D eigenvalue weighted by atomic mass is 16.3. The number of amides is 1. The second kappa shape index (κ2) is 7.94. The van der Waals surface area contributed by atoms with Crippen molar-refractivity contribution >= 4 is 11.7 Å². The highest BCUT2D eigenvalue weighted by Crippen LogP contribution is 2.21. The Bertz CT molecular complexity index is 550. The van der Waals surface area contributed by atoms with Crippen LogP contribution in [0, 0.1) is 0 Å². The van der Waals surface area contributed by atoms with E-state index in [4.69, 9.17) is 4.42 Å². The number of nitrogens with zero attached hydrogens (tertiary/aromatic N) is 3. The van der Waals surface area contributed by atoms with Crippen LogP contribution in [-0.4, -0.2) is 78.7 Å². The van der Waals surface area contributed by atoms with Crippen molar-refractivity contribution in [1.82, 2.24) is 14.7 Å². The van der Waals surface area contributed by atoms with Gasteiger partial charge >= 0.3 is 0 Å². The third-order valence-electron chi connectivity index (χ3n) is 5.20. The largest absolute Gasteiger partial charge is 0.461 e. The summed E-state index contributed by atoms with van der Waals surface area (Å²) in [5.74, 6) is -0.789. The van der Waals surface area contributed by atoms with Crippen LogP contribution in [0.2, 0.25) is 0 Å². The van der Waals surface area contributed by atoms with Crippen LogP contribution in [0.3, 0.4) is 0 Å². The Morgan fingerprint density at radius 1 is 1.17 bits per heavy atom. The maximum Gasteiger partial charge on any atom is 0.298 e. The molecule has 0 N–H and O–H groups in total. The van der Waals surface area contributed by atoms with Gasteiger partial charge in [-0.1, -0.05) is 0 Å². The summed E-state index contributed by atoms with van der Waals surface area (Å²) in [5.41, 5.74) is 0. The normalized spacial score (nSPS) is 23.4. The Labute approximate surface area is 143 Å². The predicted molar refractivity (Wildman–Crippen MR) is 90.9 cm³/mol. The number of carbonyl (C=O) groups is 2. The van der Waals surface area contributed by atoms with Crippen molar-refractivity contribution in [2.45, 2.75) is 31.7 Å².